The van der Waals surface area contributed by atoms with E-state index in [0.717, 1.165) is 12.4 Å². The van der Waals surface area contributed by atoms with E-state index in [4.69, 9.17) is 27.6 Å². The van der Waals surface area contributed by atoms with Gasteiger partial charge in [-0.15, -0.1) is 0 Å². The maximum Gasteiger partial charge on any atom is 0.0794 e. The van der Waals surface area contributed by atoms with Gasteiger partial charge < -0.3 is 27.6 Å². The number of hydrogen-bond donors (Lipinski definition) is 5. The Morgan fingerprint density at radius 2 is 1.27 bits per heavy atom. The third-order valence-corrected chi connectivity index (χ3v) is 1.91. The largest absolute Gasteiger partial charge is 0.411 e. The van der Waals surface area contributed by atoms with Gasteiger partial charge in [-0.3, -0.25) is 0 Å². The molecule has 0 bridgehead atoms. The minimum absolute atomic E-state index is 0.155. The van der Waals surface area contributed by atoms with Crippen LogP contribution in [0.25, 0.3) is 0 Å². The Morgan fingerprint density at radius 1 is 0.867 bits per heavy atom. The summed E-state index contributed by atoms with van der Waals surface area (Å²) in [7, 11) is 0. The van der Waals surface area contributed by atoms with Gasteiger partial charge in [-0.2, -0.15) is 0 Å². The van der Waals surface area contributed by atoms with Crippen LogP contribution in [0.3, 0.4) is 0 Å². The molecule has 1 aromatic rings. The minimum Gasteiger partial charge on any atom is -0.411 e. The third-order valence-electron chi connectivity index (χ3n) is 1.91. The van der Waals surface area contributed by atoms with Crippen LogP contribution in [0.15, 0.2) is 16.4 Å². The molecule has 0 saturated heterocycles. The highest BCUT2D eigenvalue weighted by molar-refractivity contribution is 6.02. The van der Waals surface area contributed by atoms with Crippen LogP contribution in [0.4, 0.5) is 17.1 Å². The van der Waals surface area contributed by atoms with Crippen LogP contribution >= 0.6 is 0 Å². The van der Waals surface area contributed by atoms with E-state index < -0.39 is 0 Å². The fourth-order valence-corrected chi connectivity index (χ4v) is 1.12. The monoisotopic (exact) mass is 209 g/mol. The van der Waals surface area contributed by atoms with Crippen LogP contribution in [0.2, 0.25) is 0 Å². The molecule has 0 radical (unpaired) electrons. The molecular weight excluding hydrogens is 198 g/mol. The number of nitrogens with zero attached hydrogens (tertiary/aromatic N) is 2. The maximum absolute atomic E-state index is 8.38. The Hall–Kier alpha value is -2.44. The van der Waals surface area contributed by atoms with Crippen molar-refractivity contribution < 1.29 is 10.4 Å². The van der Waals surface area contributed by atoms with E-state index in [1.54, 1.807) is 0 Å². The topological polar surface area (TPSA) is 143 Å². The Morgan fingerprint density at radius 3 is 1.60 bits per heavy atom. The molecule has 0 amide bonds. The molecule has 1 rings (SSSR count). The van der Waals surface area contributed by atoms with E-state index in [1.807, 2.05) is 0 Å². The summed E-state index contributed by atoms with van der Waals surface area (Å²) in [6.07, 6.45) is 2.22. The molecule has 7 heteroatoms. The van der Waals surface area contributed by atoms with E-state index in [1.165, 1.54) is 6.07 Å². The number of benzene rings is 1. The molecule has 15 heavy (non-hydrogen) atoms. The quantitative estimate of drug-likeness (QED) is 0.202. The van der Waals surface area contributed by atoms with Crippen molar-refractivity contribution in [3.63, 3.8) is 0 Å². The normalized spacial score (nSPS) is 11.5. The molecule has 80 valence electrons. The molecular formula is C8H11N5O2. The fraction of sp³-hybridized carbons (Fsp3) is 0. The zero-order valence-electron chi connectivity index (χ0n) is 7.75. The molecule has 0 aromatic heterocycles. The molecule has 0 aliphatic rings. The second kappa shape index (κ2) is 4.18. The van der Waals surface area contributed by atoms with Gasteiger partial charge in [-0.05, 0) is 6.07 Å². The van der Waals surface area contributed by atoms with E-state index in [0.29, 0.717) is 11.1 Å². The Bertz CT molecular complexity index is 391. The van der Waals surface area contributed by atoms with Gasteiger partial charge in [0.15, 0.2) is 0 Å². The zero-order chi connectivity index (χ0) is 11.4. The highest BCUT2D eigenvalue weighted by Gasteiger charge is 2.09. The van der Waals surface area contributed by atoms with Crippen molar-refractivity contribution in [3.8, 4) is 0 Å². The second-order valence-corrected chi connectivity index (χ2v) is 2.79. The van der Waals surface area contributed by atoms with Crippen LogP contribution in [0, 0.1) is 0 Å². The number of anilines is 3. The van der Waals surface area contributed by atoms with Crippen LogP contribution in [-0.2, 0) is 0 Å². The van der Waals surface area contributed by atoms with Gasteiger partial charge in [0.05, 0.1) is 29.5 Å². The second-order valence-electron chi connectivity index (χ2n) is 2.79. The van der Waals surface area contributed by atoms with Crippen molar-refractivity contribution in [2.75, 3.05) is 17.2 Å². The maximum atomic E-state index is 8.38. The molecule has 0 fully saturated rings. The summed E-state index contributed by atoms with van der Waals surface area (Å²) < 4.78 is 0. The lowest BCUT2D eigenvalue weighted by Crippen LogP contribution is -2.07. The SMILES string of the molecule is Nc1c(/C=N\O)cc(/C=N\O)c(N)c1N. The van der Waals surface area contributed by atoms with Crippen molar-refractivity contribution >= 4 is 29.5 Å². The minimum atomic E-state index is 0.155. The smallest absolute Gasteiger partial charge is 0.0794 e. The number of nitrogens with two attached hydrogens (primary N) is 3. The Balaban J connectivity index is 3.44. The van der Waals surface area contributed by atoms with Crippen molar-refractivity contribution in [2.24, 2.45) is 10.3 Å². The van der Waals surface area contributed by atoms with Crippen LogP contribution in [0.1, 0.15) is 11.1 Å². The Labute approximate surface area is 85.5 Å². The highest BCUT2D eigenvalue weighted by Crippen LogP contribution is 2.28. The number of hydrogen-bond acceptors (Lipinski definition) is 7. The predicted octanol–water partition coefficient (Wildman–Crippen LogP) is 0.0494. The van der Waals surface area contributed by atoms with Crippen molar-refractivity contribution in [2.45, 2.75) is 0 Å². The molecule has 0 aliphatic carbocycles. The number of oxime groups is 2. The predicted molar refractivity (Wildman–Crippen MR) is 58.4 cm³/mol. The summed E-state index contributed by atoms with van der Waals surface area (Å²) >= 11 is 0. The van der Waals surface area contributed by atoms with Gasteiger partial charge in [-0.1, -0.05) is 10.3 Å². The van der Waals surface area contributed by atoms with E-state index in [9.17, 15) is 0 Å². The van der Waals surface area contributed by atoms with Gasteiger partial charge >= 0.3 is 0 Å². The van der Waals surface area contributed by atoms with E-state index >= 15 is 0 Å². The summed E-state index contributed by atoms with van der Waals surface area (Å²) in [4.78, 5) is 0. The summed E-state index contributed by atoms with van der Waals surface area (Å²) in [5, 5.41) is 22.4. The van der Waals surface area contributed by atoms with Crippen LogP contribution < -0.4 is 17.2 Å². The average Bonchev–Trinajstić information content (AvgIpc) is 2.22. The van der Waals surface area contributed by atoms with Crippen LogP contribution in [0.5, 0.6) is 0 Å². The molecule has 1 aromatic carbocycles. The summed E-state index contributed by atoms with van der Waals surface area (Å²) in [5.74, 6) is 0. The summed E-state index contributed by atoms with van der Waals surface area (Å²) in [5.41, 5.74) is 18.2. The average molecular weight is 209 g/mol. The molecule has 7 nitrogen and oxygen atoms in total. The molecule has 0 spiro atoms. The fourth-order valence-electron chi connectivity index (χ4n) is 1.12. The molecule has 0 unspecified atom stereocenters. The highest BCUT2D eigenvalue weighted by atomic mass is 16.4. The lowest BCUT2D eigenvalue weighted by molar-refractivity contribution is 0.322. The van der Waals surface area contributed by atoms with Crippen molar-refractivity contribution in [3.05, 3.63) is 17.2 Å². The molecule has 0 aliphatic heterocycles. The Kier molecular flexibility index (Phi) is 2.97. The standard InChI is InChI=1S/C8H11N5O2/c9-6-4(2-12-14)1-5(3-13-15)7(10)8(6)11/h1-3,14-15H,9-11H2/b12-2-,13-3-. The third kappa shape index (κ3) is 1.90. The molecule has 0 heterocycles. The van der Waals surface area contributed by atoms with Gasteiger partial charge in [0, 0.05) is 11.1 Å². The van der Waals surface area contributed by atoms with Gasteiger partial charge in [-0.25, -0.2) is 0 Å². The van der Waals surface area contributed by atoms with Gasteiger partial charge in [0.25, 0.3) is 0 Å². The van der Waals surface area contributed by atoms with Crippen LogP contribution in [-0.4, -0.2) is 22.8 Å². The summed E-state index contributed by atoms with van der Waals surface area (Å²) in [6.45, 7) is 0. The van der Waals surface area contributed by atoms with Gasteiger partial charge in [0.2, 0.25) is 0 Å². The zero-order valence-corrected chi connectivity index (χ0v) is 7.75. The first kappa shape index (κ1) is 10.6. The molecule has 0 saturated carbocycles. The lowest BCUT2D eigenvalue weighted by Gasteiger charge is -2.09. The van der Waals surface area contributed by atoms with E-state index in [2.05, 4.69) is 10.3 Å². The molecule has 8 N–H and O–H groups in total. The molecule has 0 atom stereocenters. The number of rotatable bonds is 2. The van der Waals surface area contributed by atoms with Gasteiger partial charge in [0.1, 0.15) is 0 Å². The summed E-state index contributed by atoms with van der Waals surface area (Å²) in [6, 6.07) is 1.49. The number of nitrogen functional groups attached to an aromatic ring is 3. The lowest BCUT2D eigenvalue weighted by atomic mass is 10.1. The van der Waals surface area contributed by atoms with E-state index in [-0.39, 0.29) is 17.1 Å². The first-order chi connectivity index (χ1) is 7.11. The first-order valence-corrected chi connectivity index (χ1v) is 3.94. The first-order valence-electron chi connectivity index (χ1n) is 3.94. The van der Waals surface area contributed by atoms with Crippen molar-refractivity contribution in [1.82, 2.24) is 0 Å². The van der Waals surface area contributed by atoms with Crippen molar-refractivity contribution in [1.29, 1.82) is 0 Å².